The van der Waals surface area contributed by atoms with Crippen LogP contribution in [0.25, 0.3) is 0 Å². The Morgan fingerprint density at radius 3 is 3.11 bits per heavy atom. The van der Waals surface area contributed by atoms with Gasteiger partial charge in [-0.15, -0.1) is 0 Å². The minimum Gasteiger partial charge on any atom is -0.492 e. The van der Waals surface area contributed by atoms with Crippen LogP contribution >= 0.6 is 15.9 Å². The summed E-state index contributed by atoms with van der Waals surface area (Å²) in [6.45, 7) is 2.90. The normalized spacial score (nSPS) is 23.2. The van der Waals surface area contributed by atoms with Crippen LogP contribution in [0.1, 0.15) is 6.42 Å². The summed E-state index contributed by atoms with van der Waals surface area (Å²) in [6.07, 6.45) is 0.701. The van der Waals surface area contributed by atoms with E-state index in [4.69, 9.17) is 9.47 Å². The number of rotatable bonds is 6. The summed E-state index contributed by atoms with van der Waals surface area (Å²) in [5.41, 5.74) is -0.699. The summed E-state index contributed by atoms with van der Waals surface area (Å²) in [5.74, 6) is 0.842. The van der Waals surface area contributed by atoms with Crippen LogP contribution in [-0.2, 0) is 4.74 Å². The van der Waals surface area contributed by atoms with E-state index in [9.17, 15) is 5.11 Å². The third-order valence-corrected chi connectivity index (χ3v) is 3.37. The molecule has 18 heavy (non-hydrogen) atoms. The van der Waals surface area contributed by atoms with Gasteiger partial charge in [0.15, 0.2) is 0 Å². The van der Waals surface area contributed by atoms with Crippen molar-refractivity contribution < 1.29 is 14.6 Å². The summed E-state index contributed by atoms with van der Waals surface area (Å²) in [4.78, 5) is 0. The molecule has 4 nitrogen and oxygen atoms in total. The van der Waals surface area contributed by atoms with Crippen LogP contribution in [0.5, 0.6) is 5.75 Å². The Morgan fingerprint density at radius 2 is 2.39 bits per heavy atom. The molecule has 2 N–H and O–H groups in total. The van der Waals surface area contributed by atoms with E-state index in [1.54, 1.807) is 0 Å². The molecule has 1 aromatic rings. The highest BCUT2D eigenvalue weighted by molar-refractivity contribution is 9.10. The first kappa shape index (κ1) is 13.8. The molecule has 1 saturated heterocycles. The summed E-state index contributed by atoms with van der Waals surface area (Å²) in [7, 11) is 0. The second-order valence-electron chi connectivity index (χ2n) is 4.51. The van der Waals surface area contributed by atoms with Crippen molar-refractivity contribution in [2.45, 2.75) is 12.0 Å². The van der Waals surface area contributed by atoms with E-state index in [0.29, 0.717) is 39.3 Å². The Morgan fingerprint density at radius 1 is 1.50 bits per heavy atom. The topological polar surface area (TPSA) is 50.7 Å². The number of halogens is 1. The Labute approximate surface area is 115 Å². The van der Waals surface area contributed by atoms with E-state index in [0.717, 1.165) is 10.2 Å². The molecular weight excluding hydrogens is 298 g/mol. The second kappa shape index (κ2) is 6.52. The number of hydrogen-bond acceptors (Lipinski definition) is 4. The van der Waals surface area contributed by atoms with Gasteiger partial charge in [-0.2, -0.15) is 0 Å². The SMILES string of the molecule is OC1(CNCCOc2cccc(Br)c2)CCOC1. The third kappa shape index (κ3) is 4.24. The fourth-order valence-electron chi connectivity index (χ4n) is 1.85. The van der Waals surface area contributed by atoms with Crippen LogP contribution in [0.15, 0.2) is 28.7 Å². The maximum Gasteiger partial charge on any atom is 0.120 e. The zero-order valence-electron chi connectivity index (χ0n) is 10.2. The van der Waals surface area contributed by atoms with Gasteiger partial charge in [-0.3, -0.25) is 0 Å². The predicted molar refractivity (Wildman–Crippen MR) is 72.9 cm³/mol. The Hall–Kier alpha value is -0.620. The molecule has 0 radical (unpaired) electrons. The van der Waals surface area contributed by atoms with Crippen molar-refractivity contribution in [3.63, 3.8) is 0 Å². The molecule has 2 rings (SSSR count). The monoisotopic (exact) mass is 315 g/mol. The summed E-state index contributed by atoms with van der Waals surface area (Å²) in [6, 6.07) is 7.74. The molecule has 5 heteroatoms. The molecule has 0 spiro atoms. The molecule has 1 aliphatic rings. The second-order valence-corrected chi connectivity index (χ2v) is 5.43. The number of aliphatic hydroxyl groups is 1. The summed E-state index contributed by atoms with van der Waals surface area (Å²) >= 11 is 3.39. The number of hydrogen-bond donors (Lipinski definition) is 2. The molecule has 1 aliphatic heterocycles. The van der Waals surface area contributed by atoms with Crippen molar-refractivity contribution in [1.82, 2.24) is 5.32 Å². The Kier molecular flexibility index (Phi) is 5.00. The highest BCUT2D eigenvalue weighted by Gasteiger charge is 2.31. The highest BCUT2D eigenvalue weighted by atomic mass is 79.9. The lowest BCUT2D eigenvalue weighted by Gasteiger charge is -2.20. The molecule has 1 atom stereocenters. The first-order chi connectivity index (χ1) is 8.68. The molecule has 1 fully saturated rings. The van der Waals surface area contributed by atoms with Crippen molar-refractivity contribution in [1.29, 1.82) is 0 Å². The van der Waals surface area contributed by atoms with Crippen molar-refractivity contribution >= 4 is 15.9 Å². The summed E-state index contributed by atoms with van der Waals surface area (Å²) in [5, 5.41) is 13.2. The third-order valence-electron chi connectivity index (χ3n) is 2.88. The fourth-order valence-corrected chi connectivity index (χ4v) is 2.23. The predicted octanol–water partition coefficient (Wildman–Crippen LogP) is 1.57. The van der Waals surface area contributed by atoms with Crippen molar-refractivity contribution in [3.8, 4) is 5.75 Å². The first-order valence-corrected chi connectivity index (χ1v) is 6.86. The standard InChI is InChI=1S/C13H18BrNO3/c14-11-2-1-3-12(8-11)18-7-5-15-9-13(16)4-6-17-10-13/h1-3,8,15-16H,4-7,9-10H2. The van der Waals surface area contributed by atoms with Gasteiger partial charge in [0, 0.05) is 30.6 Å². The van der Waals surface area contributed by atoms with Crippen molar-refractivity contribution in [2.75, 3.05) is 32.9 Å². The zero-order valence-corrected chi connectivity index (χ0v) is 11.8. The van der Waals surface area contributed by atoms with Crippen LogP contribution < -0.4 is 10.1 Å². The van der Waals surface area contributed by atoms with E-state index in [2.05, 4.69) is 21.2 Å². The van der Waals surface area contributed by atoms with Gasteiger partial charge in [0.05, 0.1) is 6.61 Å². The van der Waals surface area contributed by atoms with E-state index in [-0.39, 0.29) is 0 Å². The van der Waals surface area contributed by atoms with Crippen molar-refractivity contribution in [3.05, 3.63) is 28.7 Å². The largest absolute Gasteiger partial charge is 0.492 e. The van der Waals surface area contributed by atoms with Crippen LogP contribution in [0, 0.1) is 0 Å². The lowest BCUT2D eigenvalue weighted by molar-refractivity contribution is 0.0266. The number of benzene rings is 1. The minimum absolute atomic E-state index is 0.423. The van der Waals surface area contributed by atoms with E-state index in [1.807, 2.05) is 24.3 Å². The Balaban J connectivity index is 1.61. The van der Waals surface area contributed by atoms with Crippen molar-refractivity contribution in [2.24, 2.45) is 0 Å². The van der Waals surface area contributed by atoms with Gasteiger partial charge in [0.2, 0.25) is 0 Å². The molecule has 0 amide bonds. The van der Waals surface area contributed by atoms with Crippen LogP contribution in [0.4, 0.5) is 0 Å². The number of nitrogens with one attached hydrogen (secondary N) is 1. The molecule has 0 aliphatic carbocycles. The van der Waals surface area contributed by atoms with Gasteiger partial charge in [0.1, 0.15) is 18.0 Å². The smallest absolute Gasteiger partial charge is 0.120 e. The number of ether oxygens (including phenoxy) is 2. The van der Waals surface area contributed by atoms with E-state index < -0.39 is 5.60 Å². The lowest BCUT2D eigenvalue weighted by atomic mass is 10.0. The molecule has 1 heterocycles. The van der Waals surface area contributed by atoms with Crippen LogP contribution in [0.3, 0.4) is 0 Å². The van der Waals surface area contributed by atoms with Crippen LogP contribution in [0.2, 0.25) is 0 Å². The van der Waals surface area contributed by atoms with Gasteiger partial charge in [-0.25, -0.2) is 0 Å². The lowest BCUT2D eigenvalue weighted by Crippen LogP contribution is -2.42. The fraction of sp³-hybridized carbons (Fsp3) is 0.538. The summed E-state index contributed by atoms with van der Waals surface area (Å²) < 4.78 is 11.8. The molecule has 0 saturated carbocycles. The maximum absolute atomic E-state index is 10.0. The molecular formula is C13H18BrNO3. The maximum atomic E-state index is 10.0. The van der Waals surface area contributed by atoms with Gasteiger partial charge in [0.25, 0.3) is 0 Å². The molecule has 0 aromatic heterocycles. The molecule has 100 valence electrons. The molecule has 0 bridgehead atoms. The van der Waals surface area contributed by atoms with Crippen LogP contribution in [-0.4, -0.2) is 43.6 Å². The highest BCUT2D eigenvalue weighted by Crippen LogP contribution is 2.18. The minimum atomic E-state index is -0.699. The van der Waals surface area contributed by atoms with E-state index >= 15 is 0 Å². The molecule has 1 aromatic carbocycles. The van der Waals surface area contributed by atoms with Gasteiger partial charge >= 0.3 is 0 Å². The molecule has 1 unspecified atom stereocenters. The van der Waals surface area contributed by atoms with Gasteiger partial charge in [-0.05, 0) is 18.2 Å². The average Bonchev–Trinajstić information content (AvgIpc) is 2.76. The first-order valence-electron chi connectivity index (χ1n) is 6.07. The van der Waals surface area contributed by atoms with E-state index in [1.165, 1.54) is 0 Å². The Bertz CT molecular complexity index is 380. The quantitative estimate of drug-likeness (QED) is 0.782. The van der Waals surface area contributed by atoms with Gasteiger partial charge < -0.3 is 19.9 Å². The zero-order chi connectivity index (χ0) is 12.8. The van der Waals surface area contributed by atoms with Gasteiger partial charge in [-0.1, -0.05) is 22.0 Å². The average molecular weight is 316 g/mol.